The summed E-state index contributed by atoms with van der Waals surface area (Å²) in [5.74, 6) is 0.924. The molecule has 4 rings (SSSR count). The van der Waals surface area contributed by atoms with Gasteiger partial charge < -0.3 is 9.42 Å². The fourth-order valence-electron chi connectivity index (χ4n) is 3.69. The Labute approximate surface area is 177 Å². The molecule has 8 heteroatoms. The van der Waals surface area contributed by atoms with Gasteiger partial charge >= 0.3 is 6.18 Å². The standard InChI is InChI=1S/C23H22F3N3O2/c1-14(2)16-5-3-15(4-6-16)13-29-19(11-12-20(29)30)22-27-21(28-31-22)17-7-9-18(10-8-17)23(24,25)26/h3-10,14,19H,11-13H2,1-2H3. The van der Waals surface area contributed by atoms with Crippen molar-refractivity contribution in [2.75, 3.05) is 0 Å². The number of carbonyl (C=O) groups is 1. The van der Waals surface area contributed by atoms with E-state index in [-0.39, 0.29) is 17.8 Å². The molecular formula is C23H22F3N3O2. The lowest BCUT2D eigenvalue weighted by atomic mass is 10.0. The van der Waals surface area contributed by atoms with Crippen LogP contribution >= 0.6 is 0 Å². The van der Waals surface area contributed by atoms with Crippen LogP contribution in [0.4, 0.5) is 13.2 Å². The third-order valence-corrected chi connectivity index (χ3v) is 5.52. The smallest absolute Gasteiger partial charge is 0.337 e. The third kappa shape index (κ3) is 4.47. The Morgan fingerprint density at radius 1 is 1.10 bits per heavy atom. The quantitative estimate of drug-likeness (QED) is 0.519. The van der Waals surface area contributed by atoms with Gasteiger partial charge in [0.1, 0.15) is 6.04 Å². The number of nitrogens with zero attached hydrogens (tertiary/aromatic N) is 3. The van der Waals surface area contributed by atoms with Gasteiger partial charge in [-0.25, -0.2) is 0 Å². The number of likely N-dealkylation sites (tertiary alicyclic amines) is 1. The van der Waals surface area contributed by atoms with E-state index in [1.807, 2.05) is 12.1 Å². The number of hydrogen-bond acceptors (Lipinski definition) is 4. The molecule has 0 N–H and O–H groups in total. The number of alkyl halides is 3. The van der Waals surface area contributed by atoms with Gasteiger partial charge in [-0.2, -0.15) is 18.2 Å². The second-order valence-corrected chi connectivity index (χ2v) is 8.00. The lowest BCUT2D eigenvalue weighted by Crippen LogP contribution is -2.27. The molecule has 1 aromatic heterocycles. The molecule has 0 radical (unpaired) electrons. The van der Waals surface area contributed by atoms with Crippen LogP contribution in [-0.4, -0.2) is 20.9 Å². The largest absolute Gasteiger partial charge is 0.416 e. The highest BCUT2D eigenvalue weighted by atomic mass is 19.4. The predicted molar refractivity (Wildman–Crippen MR) is 108 cm³/mol. The number of hydrogen-bond donors (Lipinski definition) is 0. The Kier molecular flexibility index (Phi) is 5.56. The zero-order chi connectivity index (χ0) is 22.2. The highest BCUT2D eigenvalue weighted by Gasteiger charge is 2.36. The minimum atomic E-state index is -4.40. The van der Waals surface area contributed by atoms with Crippen LogP contribution in [0, 0.1) is 0 Å². The summed E-state index contributed by atoms with van der Waals surface area (Å²) in [6, 6.07) is 12.4. The van der Waals surface area contributed by atoms with Gasteiger partial charge in [-0.15, -0.1) is 0 Å². The van der Waals surface area contributed by atoms with E-state index in [0.717, 1.165) is 17.7 Å². The molecule has 1 aliphatic heterocycles. The SMILES string of the molecule is CC(C)c1ccc(CN2C(=O)CCC2c2nc(-c3ccc(C(F)(F)F)cc3)no2)cc1. The Bertz CT molecular complexity index is 1060. The topological polar surface area (TPSA) is 59.2 Å². The van der Waals surface area contributed by atoms with Crippen molar-refractivity contribution in [1.82, 2.24) is 15.0 Å². The zero-order valence-electron chi connectivity index (χ0n) is 17.2. The molecule has 0 spiro atoms. The first kappa shape index (κ1) is 21.1. The van der Waals surface area contributed by atoms with Crippen LogP contribution in [0.1, 0.15) is 61.2 Å². The molecule has 1 unspecified atom stereocenters. The lowest BCUT2D eigenvalue weighted by Gasteiger charge is -2.22. The first-order valence-electron chi connectivity index (χ1n) is 10.1. The van der Waals surface area contributed by atoms with Crippen LogP contribution in [0.15, 0.2) is 53.1 Å². The van der Waals surface area contributed by atoms with E-state index in [9.17, 15) is 18.0 Å². The minimum absolute atomic E-state index is 0.00668. The number of carbonyl (C=O) groups excluding carboxylic acids is 1. The van der Waals surface area contributed by atoms with E-state index >= 15 is 0 Å². The maximum Gasteiger partial charge on any atom is 0.416 e. The molecule has 1 atom stereocenters. The van der Waals surface area contributed by atoms with Gasteiger partial charge in [0.2, 0.25) is 17.6 Å². The molecule has 1 aliphatic rings. The van der Waals surface area contributed by atoms with Gasteiger partial charge in [0.05, 0.1) is 5.56 Å². The normalized spacial score (nSPS) is 17.0. The first-order valence-corrected chi connectivity index (χ1v) is 10.1. The number of aromatic nitrogens is 2. The molecule has 0 saturated carbocycles. The lowest BCUT2D eigenvalue weighted by molar-refractivity contribution is -0.137. The van der Waals surface area contributed by atoms with Crippen LogP contribution in [0.2, 0.25) is 0 Å². The average Bonchev–Trinajstić information content (AvgIpc) is 3.35. The van der Waals surface area contributed by atoms with Gasteiger partial charge in [-0.05, 0) is 35.6 Å². The highest BCUT2D eigenvalue weighted by molar-refractivity contribution is 5.78. The van der Waals surface area contributed by atoms with Crippen molar-refractivity contribution in [2.45, 2.75) is 51.4 Å². The van der Waals surface area contributed by atoms with Gasteiger partial charge in [0.15, 0.2) is 0 Å². The second kappa shape index (κ2) is 8.17. The molecule has 1 fully saturated rings. The first-order chi connectivity index (χ1) is 14.7. The Hall–Kier alpha value is -3.16. The van der Waals surface area contributed by atoms with Crippen molar-refractivity contribution < 1.29 is 22.5 Å². The van der Waals surface area contributed by atoms with Gasteiger partial charge in [-0.3, -0.25) is 4.79 Å². The van der Waals surface area contributed by atoms with Crippen LogP contribution in [0.3, 0.4) is 0 Å². The summed E-state index contributed by atoms with van der Waals surface area (Å²) < 4.78 is 43.7. The summed E-state index contributed by atoms with van der Waals surface area (Å²) in [7, 11) is 0. The molecule has 2 heterocycles. The fourth-order valence-corrected chi connectivity index (χ4v) is 3.69. The summed E-state index contributed by atoms with van der Waals surface area (Å²) in [5.41, 5.74) is 1.91. The van der Waals surface area contributed by atoms with Crippen molar-refractivity contribution in [1.29, 1.82) is 0 Å². The van der Waals surface area contributed by atoms with Crippen molar-refractivity contribution in [3.05, 3.63) is 71.1 Å². The number of rotatable bonds is 5. The maximum absolute atomic E-state index is 12.8. The molecule has 2 aromatic carbocycles. The Morgan fingerprint density at radius 2 is 1.77 bits per heavy atom. The third-order valence-electron chi connectivity index (χ3n) is 5.52. The summed E-state index contributed by atoms with van der Waals surface area (Å²) in [4.78, 5) is 18.6. The minimum Gasteiger partial charge on any atom is -0.337 e. The van der Waals surface area contributed by atoms with Crippen molar-refractivity contribution >= 4 is 5.91 Å². The maximum atomic E-state index is 12.8. The summed E-state index contributed by atoms with van der Waals surface area (Å²) in [6.07, 6.45) is -3.47. The molecule has 1 saturated heterocycles. The van der Waals surface area contributed by atoms with Crippen LogP contribution in [0.5, 0.6) is 0 Å². The second-order valence-electron chi connectivity index (χ2n) is 8.00. The van der Waals surface area contributed by atoms with Gasteiger partial charge in [0.25, 0.3) is 0 Å². The number of amides is 1. The zero-order valence-corrected chi connectivity index (χ0v) is 17.2. The molecule has 0 aliphatic carbocycles. The molecule has 1 amide bonds. The molecule has 5 nitrogen and oxygen atoms in total. The summed E-state index contributed by atoms with van der Waals surface area (Å²) >= 11 is 0. The van der Waals surface area contributed by atoms with Crippen LogP contribution < -0.4 is 0 Å². The van der Waals surface area contributed by atoms with Crippen molar-refractivity contribution in [2.24, 2.45) is 0 Å². The Balaban J connectivity index is 1.52. The van der Waals surface area contributed by atoms with E-state index in [4.69, 9.17) is 4.52 Å². The number of halogens is 3. The van der Waals surface area contributed by atoms with E-state index < -0.39 is 11.7 Å². The van der Waals surface area contributed by atoms with Crippen LogP contribution in [-0.2, 0) is 17.5 Å². The van der Waals surface area contributed by atoms with Crippen LogP contribution in [0.25, 0.3) is 11.4 Å². The Morgan fingerprint density at radius 3 is 2.39 bits per heavy atom. The van der Waals surface area contributed by atoms with E-state index in [2.05, 4.69) is 36.1 Å². The molecule has 31 heavy (non-hydrogen) atoms. The van der Waals surface area contributed by atoms with E-state index in [1.54, 1.807) is 4.90 Å². The predicted octanol–water partition coefficient (Wildman–Crippen LogP) is 5.74. The molecular weight excluding hydrogens is 407 g/mol. The highest BCUT2D eigenvalue weighted by Crippen LogP contribution is 2.35. The summed E-state index contributed by atoms with van der Waals surface area (Å²) in [6.45, 7) is 4.68. The van der Waals surface area contributed by atoms with E-state index in [0.29, 0.717) is 36.8 Å². The number of benzene rings is 2. The van der Waals surface area contributed by atoms with Crippen molar-refractivity contribution in [3.8, 4) is 11.4 Å². The monoisotopic (exact) mass is 429 g/mol. The molecule has 3 aromatic rings. The van der Waals surface area contributed by atoms with E-state index in [1.165, 1.54) is 17.7 Å². The van der Waals surface area contributed by atoms with Gasteiger partial charge in [-0.1, -0.05) is 55.4 Å². The molecule has 0 bridgehead atoms. The molecule has 162 valence electrons. The van der Waals surface area contributed by atoms with Gasteiger partial charge in [0, 0.05) is 18.5 Å². The average molecular weight is 429 g/mol. The van der Waals surface area contributed by atoms with Crippen molar-refractivity contribution in [3.63, 3.8) is 0 Å². The fraction of sp³-hybridized carbons (Fsp3) is 0.348. The summed E-state index contributed by atoms with van der Waals surface area (Å²) in [5, 5.41) is 3.92.